The van der Waals surface area contributed by atoms with Gasteiger partial charge in [0.25, 0.3) is 0 Å². The standard InChI is InChI=1S/C12H22ClN3O/c1-5-14-10(6-7-17-4)8-11-12(13)9(2)15-16(11)3/h10,14H,5-8H2,1-4H3. The number of hydrogen-bond donors (Lipinski definition) is 1. The molecule has 0 aromatic carbocycles. The van der Waals surface area contributed by atoms with Crippen LogP contribution in [0.2, 0.25) is 5.02 Å². The van der Waals surface area contributed by atoms with Crippen LogP contribution >= 0.6 is 11.6 Å². The van der Waals surface area contributed by atoms with Gasteiger partial charge in [0.05, 0.1) is 16.4 Å². The lowest BCUT2D eigenvalue weighted by Gasteiger charge is -2.17. The van der Waals surface area contributed by atoms with E-state index in [2.05, 4.69) is 17.3 Å². The van der Waals surface area contributed by atoms with E-state index in [1.54, 1.807) is 7.11 Å². The number of hydrogen-bond acceptors (Lipinski definition) is 3. The van der Waals surface area contributed by atoms with Gasteiger partial charge >= 0.3 is 0 Å². The summed E-state index contributed by atoms with van der Waals surface area (Å²) in [6.45, 7) is 5.74. The molecular weight excluding hydrogens is 238 g/mol. The first-order valence-electron chi connectivity index (χ1n) is 6.00. The van der Waals surface area contributed by atoms with Crippen LogP contribution in [0.5, 0.6) is 0 Å². The molecule has 17 heavy (non-hydrogen) atoms. The summed E-state index contributed by atoms with van der Waals surface area (Å²) < 4.78 is 7.00. The Kier molecular flexibility index (Phi) is 5.95. The molecule has 1 atom stereocenters. The maximum absolute atomic E-state index is 6.25. The normalized spacial score (nSPS) is 13.0. The third-order valence-corrected chi connectivity index (χ3v) is 3.36. The van der Waals surface area contributed by atoms with Crippen molar-refractivity contribution in [2.24, 2.45) is 7.05 Å². The molecule has 5 heteroatoms. The SMILES string of the molecule is CCNC(CCOC)Cc1c(Cl)c(C)nn1C. The van der Waals surface area contributed by atoms with Crippen LogP contribution in [-0.2, 0) is 18.2 Å². The molecular formula is C12H22ClN3O. The number of halogens is 1. The fraction of sp³-hybridized carbons (Fsp3) is 0.750. The van der Waals surface area contributed by atoms with Crippen molar-refractivity contribution in [3.63, 3.8) is 0 Å². The van der Waals surface area contributed by atoms with Gasteiger partial charge in [0.1, 0.15) is 0 Å². The van der Waals surface area contributed by atoms with E-state index >= 15 is 0 Å². The third-order valence-electron chi connectivity index (χ3n) is 2.86. The first-order chi connectivity index (χ1) is 8.10. The van der Waals surface area contributed by atoms with Crippen molar-refractivity contribution in [1.29, 1.82) is 0 Å². The molecule has 1 aromatic rings. The fourth-order valence-corrected chi connectivity index (χ4v) is 2.20. The Balaban J connectivity index is 2.70. The zero-order chi connectivity index (χ0) is 12.8. The van der Waals surface area contributed by atoms with Crippen LogP contribution in [0.1, 0.15) is 24.7 Å². The number of methoxy groups -OCH3 is 1. The summed E-state index contributed by atoms with van der Waals surface area (Å²) in [5, 5.41) is 8.56. The zero-order valence-corrected chi connectivity index (χ0v) is 11.8. The Bertz CT molecular complexity index is 352. The molecule has 98 valence electrons. The Hall–Kier alpha value is -0.580. The van der Waals surface area contributed by atoms with Gasteiger partial charge in [-0.05, 0) is 19.9 Å². The summed E-state index contributed by atoms with van der Waals surface area (Å²) >= 11 is 6.25. The number of aromatic nitrogens is 2. The average Bonchev–Trinajstić information content (AvgIpc) is 2.53. The average molecular weight is 260 g/mol. The largest absolute Gasteiger partial charge is 0.385 e. The van der Waals surface area contributed by atoms with Crippen LogP contribution in [0, 0.1) is 6.92 Å². The molecule has 1 aromatic heterocycles. The Morgan fingerprint density at radius 1 is 1.53 bits per heavy atom. The maximum atomic E-state index is 6.25. The highest BCUT2D eigenvalue weighted by atomic mass is 35.5. The molecule has 1 heterocycles. The van der Waals surface area contributed by atoms with Crippen LogP contribution in [0.15, 0.2) is 0 Å². The summed E-state index contributed by atoms with van der Waals surface area (Å²) in [7, 11) is 3.66. The van der Waals surface area contributed by atoms with E-state index in [9.17, 15) is 0 Å². The maximum Gasteiger partial charge on any atom is 0.0847 e. The number of rotatable bonds is 7. The van der Waals surface area contributed by atoms with Crippen LogP contribution < -0.4 is 5.32 Å². The van der Waals surface area contributed by atoms with E-state index in [0.717, 1.165) is 42.4 Å². The minimum Gasteiger partial charge on any atom is -0.385 e. The van der Waals surface area contributed by atoms with Crippen LogP contribution in [0.4, 0.5) is 0 Å². The number of nitrogens with one attached hydrogen (secondary N) is 1. The van der Waals surface area contributed by atoms with E-state index in [0.29, 0.717) is 6.04 Å². The molecule has 0 amide bonds. The van der Waals surface area contributed by atoms with E-state index in [1.807, 2.05) is 18.7 Å². The van der Waals surface area contributed by atoms with Gasteiger partial charge in [-0.25, -0.2) is 0 Å². The van der Waals surface area contributed by atoms with E-state index in [1.165, 1.54) is 0 Å². The molecule has 4 nitrogen and oxygen atoms in total. The molecule has 1 unspecified atom stereocenters. The molecule has 0 saturated heterocycles. The van der Waals surface area contributed by atoms with Crippen molar-refractivity contribution in [3.05, 3.63) is 16.4 Å². The minimum atomic E-state index is 0.382. The fourth-order valence-electron chi connectivity index (χ4n) is 1.96. The highest BCUT2D eigenvalue weighted by Crippen LogP contribution is 2.21. The molecule has 1 N–H and O–H groups in total. The predicted octanol–water partition coefficient (Wildman–Crippen LogP) is 1.94. The number of ether oxygens (including phenoxy) is 1. The minimum absolute atomic E-state index is 0.382. The highest BCUT2D eigenvalue weighted by Gasteiger charge is 2.16. The van der Waals surface area contributed by atoms with Crippen molar-refractivity contribution in [2.45, 2.75) is 32.7 Å². The van der Waals surface area contributed by atoms with Crippen molar-refractivity contribution in [3.8, 4) is 0 Å². The van der Waals surface area contributed by atoms with Gasteiger partial charge in [-0.3, -0.25) is 4.68 Å². The molecule has 0 bridgehead atoms. The lowest BCUT2D eigenvalue weighted by atomic mass is 10.1. The third kappa shape index (κ3) is 3.98. The van der Waals surface area contributed by atoms with Gasteiger partial charge in [-0.1, -0.05) is 18.5 Å². The van der Waals surface area contributed by atoms with Crippen LogP contribution in [0.25, 0.3) is 0 Å². The molecule has 1 rings (SSSR count). The summed E-state index contributed by atoms with van der Waals surface area (Å²) in [5.41, 5.74) is 1.98. The molecule has 0 aliphatic carbocycles. The highest BCUT2D eigenvalue weighted by molar-refractivity contribution is 6.31. The Labute approximate surface area is 108 Å². The van der Waals surface area contributed by atoms with Crippen molar-refractivity contribution in [1.82, 2.24) is 15.1 Å². The van der Waals surface area contributed by atoms with Crippen molar-refractivity contribution < 1.29 is 4.74 Å². The van der Waals surface area contributed by atoms with E-state index in [-0.39, 0.29) is 0 Å². The lowest BCUT2D eigenvalue weighted by molar-refractivity contribution is 0.182. The first kappa shape index (κ1) is 14.5. The summed E-state index contributed by atoms with van der Waals surface area (Å²) in [4.78, 5) is 0. The molecule has 0 radical (unpaired) electrons. The summed E-state index contributed by atoms with van der Waals surface area (Å²) in [6.07, 6.45) is 1.86. The summed E-state index contributed by atoms with van der Waals surface area (Å²) in [6, 6.07) is 0.382. The number of aryl methyl sites for hydroxylation is 2. The Morgan fingerprint density at radius 3 is 2.71 bits per heavy atom. The molecule has 0 fully saturated rings. The number of likely N-dealkylation sites (N-methyl/N-ethyl adjacent to an activating group) is 1. The predicted molar refractivity (Wildman–Crippen MR) is 70.6 cm³/mol. The van der Waals surface area contributed by atoms with E-state index in [4.69, 9.17) is 16.3 Å². The van der Waals surface area contributed by atoms with Crippen molar-refractivity contribution in [2.75, 3.05) is 20.3 Å². The quantitative estimate of drug-likeness (QED) is 0.814. The second-order valence-corrected chi connectivity index (χ2v) is 4.59. The molecule has 0 aliphatic rings. The smallest absolute Gasteiger partial charge is 0.0847 e. The zero-order valence-electron chi connectivity index (χ0n) is 11.1. The van der Waals surface area contributed by atoms with Crippen molar-refractivity contribution >= 4 is 11.6 Å². The topological polar surface area (TPSA) is 39.1 Å². The number of nitrogens with zero attached hydrogens (tertiary/aromatic N) is 2. The van der Waals surface area contributed by atoms with Gasteiger partial charge < -0.3 is 10.1 Å². The van der Waals surface area contributed by atoms with Gasteiger partial charge in [0, 0.05) is 33.2 Å². The van der Waals surface area contributed by atoms with Gasteiger partial charge in [-0.15, -0.1) is 0 Å². The van der Waals surface area contributed by atoms with Gasteiger partial charge in [0.2, 0.25) is 0 Å². The monoisotopic (exact) mass is 259 g/mol. The van der Waals surface area contributed by atoms with E-state index < -0.39 is 0 Å². The lowest BCUT2D eigenvalue weighted by Crippen LogP contribution is -2.32. The molecule has 0 saturated carbocycles. The Morgan fingerprint density at radius 2 is 2.24 bits per heavy atom. The first-order valence-corrected chi connectivity index (χ1v) is 6.38. The molecule has 0 spiro atoms. The van der Waals surface area contributed by atoms with Gasteiger partial charge in [-0.2, -0.15) is 5.10 Å². The van der Waals surface area contributed by atoms with Crippen LogP contribution in [-0.4, -0.2) is 36.1 Å². The van der Waals surface area contributed by atoms with Crippen LogP contribution in [0.3, 0.4) is 0 Å². The second kappa shape index (κ2) is 6.99. The molecule has 0 aliphatic heterocycles. The second-order valence-electron chi connectivity index (χ2n) is 4.21. The summed E-state index contributed by atoms with van der Waals surface area (Å²) in [5.74, 6) is 0. The van der Waals surface area contributed by atoms with Gasteiger partial charge in [0.15, 0.2) is 0 Å².